The summed E-state index contributed by atoms with van der Waals surface area (Å²) >= 11 is 0. The van der Waals surface area contributed by atoms with Gasteiger partial charge in [0.15, 0.2) is 11.5 Å². The van der Waals surface area contributed by atoms with Crippen LogP contribution in [0.15, 0.2) is 4.79 Å². The van der Waals surface area contributed by atoms with E-state index in [-0.39, 0.29) is 11.7 Å². The van der Waals surface area contributed by atoms with Gasteiger partial charge in [0.1, 0.15) is 5.52 Å². The molecule has 1 aliphatic heterocycles. The maximum absolute atomic E-state index is 12.0. The molecule has 1 aliphatic rings. The molecule has 1 saturated heterocycles. The lowest BCUT2D eigenvalue weighted by molar-refractivity contribution is -0.142. The van der Waals surface area contributed by atoms with E-state index in [1.165, 1.54) is 7.11 Å². The third-order valence-electron chi connectivity index (χ3n) is 4.66. The van der Waals surface area contributed by atoms with E-state index in [0.29, 0.717) is 35.9 Å². The molecular formula is C15H24N6O3. The molecule has 0 radical (unpaired) electrons. The van der Waals surface area contributed by atoms with Gasteiger partial charge in [-0.25, -0.2) is 4.79 Å². The molecule has 0 spiro atoms. The summed E-state index contributed by atoms with van der Waals surface area (Å²) in [6, 6.07) is 0. The molecular weight excluding hydrogens is 312 g/mol. The molecule has 3 rings (SSSR count). The molecule has 0 saturated carbocycles. The maximum Gasteiger partial charge on any atom is 0.327 e. The van der Waals surface area contributed by atoms with Crippen LogP contribution < -0.4 is 11.4 Å². The van der Waals surface area contributed by atoms with Gasteiger partial charge < -0.3 is 20.4 Å². The Labute approximate surface area is 139 Å². The van der Waals surface area contributed by atoms with E-state index in [4.69, 9.17) is 10.5 Å². The molecule has 9 heteroatoms. The summed E-state index contributed by atoms with van der Waals surface area (Å²) < 4.78 is 6.39. The summed E-state index contributed by atoms with van der Waals surface area (Å²) in [4.78, 5) is 28.5. The van der Waals surface area contributed by atoms with Crippen LogP contribution in [0.4, 0.5) is 5.82 Å². The number of imidazole rings is 1. The lowest BCUT2D eigenvalue weighted by atomic mass is 9.95. The van der Waals surface area contributed by atoms with E-state index in [9.17, 15) is 9.59 Å². The number of rotatable bonds is 6. The highest BCUT2D eigenvalue weighted by Gasteiger charge is 2.22. The predicted molar refractivity (Wildman–Crippen MR) is 89.5 cm³/mol. The largest absolute Gasteiger partial charge is 0.469 e. The Hall–Kier alpha value is -2.29. The number of H-pyrrole nitrogens is 2. The number of fused-ring (bicyclic) bond motifs is 1. The van der Waals surface area contributed by atoms with E-state index in [1.54, 1.807) is 4.57 Å². The number of aryl methyl sites for hydroxylation is 1. The van der Waals surface area contributed by atoms with Crippen molar-refractivity contribution in [2.75, 3.05) is 32.5 Å². The highest BCUT2D eigenvalue weighted by atomic mass is 16.5. The van der Waals surface area contributed by atoms with E-state index in [0.717, 1.165) is 38.9 Å². The number of ether oxygens (including phenoxy) is 1. The predicted octanol–water partition coefficient (Wildman–Crippen LogP) is 0.300. The summed E-state index contributed by atoms with van der Waals surface area (Å²) in [5.74, 6) is 0.530. The number of aromatic nitrogens is 4. The molecule has 2 aromatic rings. The summed E-state index contributed by atoms with van der Waals surface area (Å²) in [6.07, 6.45) is 3.49. The number of nitrogens with one attached hydrogen (secondary N) is 2. The normalized spacial score (nSPS) is 19.0. The van der Waals surface area contributed by atoms with E-state index in [1.807, 2.05) is 0 Å². The number of carbonyl (C=O) groups excluding carboxylic acids is 1. The average Bonchev–Trinajstić information content (AvgIpc) is 3.07. The Morgan fingerprint density at radius 2 is 2.29 bits per heavy atom. The summed E-state index contributed by atoms with van der Waals surface area (Å²) in [5, 5.41) is 6.70. The van der Waals surface area contributed by atoms with Gasteiger partial charge in [0.05, 0.1) is 7.11 Å². The molecule has 1 fully saturated rings. The number of esters is 1. The SMILES string of the molecule is COC(=O)CC1CCCN(CCCn2c(=O)[nH]c3c(N)n[nH]c32)C1. The fourth-order valence-corrected chi connectivity index (χ4v) is 3.45. The van der Waals surface area contributed by atoms with Crippen LogP contribution >= 0.6 is 0 Å². The molecule has 3 heterocycles. The van der Waals surface area contributed by atoms with Crippen molar-refractivity contribution in [2.45, 2.75) is 32.2 Å². The molecule has 2 aromatic heterocycles. The van der Waals surface area contributed by atoms with Crippen LogP contribution in [-0.2, 0) is 16.1 Å². The number of hydrogen-bond donors (Lipinski definition) is 3. The van der Waals surface area contributed by atoms with Crippen molar-refractivity contribution in [1.29, 1.82) is 0 Å². The van der Waals surface area contributed by atoms with Crippen LogP contribution in [0.5, 0.6) is 0 Å². The fraction of sp³-hybridized carbons (Fsp3) is 0.667. The lowest BCUT2D eigenvalue weighted by Gasteiger charge is -2.32. The number of methoxy groups -OCH3 is 1. The third-order valence-corrected chi connectivity index (χ3v) is 4.66. The zero-order valence-electron chi connectivity index (χ0n) is 13.9. The number of nitrogen functional groups attached to an aromatic ring is 1. The minimum absolute atomic E-state index is 0.139. The topological polar surface area (TPSA) is 122 Å². The first-order chi connectivity index (χ1) is 11.6. The van der Waals surface area contributed by atoms with Crippen LogP contribution in [-0.4, -0.2) is 57.4 Å². The van der Waals surface area contributed by atoms with Crippen LogP contribution in [0.25, 0.3) is 11.2 Å². The monoisotopic (exact) mass is 336 g/mol. The number of carbonyl (C=O) groups is 1. The molecule has 0 aromatic carbocycles. The van der Waals surface area contributed by atoms with E-state index in [2.05, 4.69) is 20.1 Å². The quantitative estimate of drug-likeness (QED) is 0.652. The van der Waals surface area contributed by atoms with Crippen LogP contribution in [0, 0.1) is 5.92 Å². The molecule has 132 valence electrons. The molecule has 0 aliphatic carbocycles. The second-order valence-corrected chi connectivity index (χ2v) is 6.36. The van der Waals surface area contributed by atoms with Crippen molar-refractivity contribution >= 4 is 23.0 Å². The highest BCUT2D eigenvalue weighted by Crippen LogP contribution is 2.20. The average molecular weight is 336 g/mol. The smallest absolute Gasteiger partial charge is 0.327 e. The van der Waals surface area contributed by atoms with E-state index >= 15 is 0 Å². The minimum atomic E-state index is -0.174. The Kier molecular flexibility index (Phi) is 4.89. The van der Waals surface area contributed by atoms with Gasteiger partial charge in [-0.05, 0) is 38.3 Å². The van der Waals surface area contributed by atoms with Gasteiger partial charge in [0.2, 0.25) is 0 Å². The van der Waals surface area contributed by atoms with Crippen LogP contribution in [0.1, 0.15) is 25.7 Å². The second-order valence-electron chi connectivity index (χ2n) is 6.36. The van der Waals surface area contributed by atoms with Gasteiger partial charge >= 0.3 is 11.7 Å². The maximum atomic E-state index is 12.0. The zero-order chi connectivity index (χ0) is 17.1. The second kappa shape index (κ2) is 7.08. The third kappa shape index (κ3) is 3.45. The highest BCUT2D eigenvalue weighted by molar-refractivity contribution is 5.81. The number of nitrogens with zero attached hydrogens (tertiary/aromatic N) is 3. The first kappa shape index (κ1) is 16.6. The molecule has 1 unspecified atom stereocenters. The van der Waals surface area contributed by atoms with Gasteiger partial charge in [-0.3, -0.25) is 14.5 Å². The number of nitrogens with two attached hydrogens (primary N) is 1. The number of hydrogen-bond acceptors (Lipinski definition) is 6. The van der Waals surface area contributed by atoms with Crippen molar-refractivity contribution in [2.24, 2.45) is 5.92 Å². The summed E-state index contributed by atoms with van der Waals surface area (Å²) in [7, 11) is 1.43. The zero-order valence-corrected chi connectivity index (χ0v) is 13.9. The number of likely N-dealkylation sites (tertiary alicyclic amines) is 1. The van der Waals surface area contributed by atoms with Crippen molar-refractivity contribution in [3.63, 3.8) is 0 Å². The van der Waals surface area contributed by atoms with Crippen molar-refractivity contribution in [3.8, 4) is 0 Å². The number of piperidine rings is 1. The molecule has 1 atom stereocenters. The molecule has 4 N–H and O–H groups in total. The number of anilines is 1. The van der Waals surface area contributed by atoms with E-state index < -0.39 is 0 Å². The van der Waals surface area contributed by atoms with Gasteiger partial charge in [0.25, 0.3) is 0 Å². The first-order valence-corrected chi connectivity index (χ1v) is 8.30. The molecule has 0 bridgehead atoms. The van der Waals surface area contributed by atoms with Gasteiger partial charge in [-0.15, -0.1) is 0 Å². The minimum Gasteiger partial charge on any atom is -0.469 e. The Bertz CT molecular complexity index is 761. The van der Waals surface area contributed by atoms with Crippen LogP contribution in [0.3, 0.4) is 0 Å². The number of aromatic amines is 2. The van der Waals surface area contributed by atoms with Crippen molar-refractivity contribution in [1.82, 2.24) is 24.6 Å². The lowest BCUT2D eigenvalue weighted by Crippen LogP contribution is -2.37. The molecule has 9 nitrogen and oxygen atoms in total. The fourth-order valence-electron chi connectivity index (χ4n) is 3.45. The van der Waals surface area contributed by atoms with Crippen molar-refractivity contribution < 1.29 is 9.53 Å². The van der Waals surface area contributed by atoms with Gasteiger partial charge in [-0.2, -0.15) is 5.10 Å². The summed E-state index contributed by atoms with van der Waals surface area (Å²) in [6.45, 7) is 3.43. The van der Waals surface area contributed by atoms with Crippen molar-refractivity contribution in [3.05, 3.63) is 10.5 Å². The van der Waals surface area contributed by atoms with Gasteiger partial charge in [-0.1, -0.05) is 0 Å². The Morgan fingerprint density at radius 3 is 3.08 bits per heavy atom. The summed E-state index contributed by atoms with van der Waals surface area (Å²) in [5.41, 5.74) is 6.73. The van der Waals surface area contributed by atoms with Crippen LogP contribution in [0.2, 0.25) is 0 Å². The molecule has 0 amide bonds. The van der Waals surface area contributed by atoms with Gasteiger partial charge in [0, 0.05) is 19.5 Å². The standard InChI is InChI=1S/C15H24N6O3/c1-24-11(22)8-10-4-2-5-20(9-10)6-3-7-21-14-12(17-15(21)23)13(16)18-19-14/h10H,2-9H2,1H3,(H,17,23)(H3,16,18,19). The molecule has 24 heavy (non-hydrogen) atoms. The Balaban J connectivity index is 1.53. The Morgan fingerprint density at radius 1 is 1.46 bits per heavy atom. The first-order valence-electron chi connectivity index (χ1n) is 8.30.